The summed E-state index contributed by atoms with van der Waals surface area (Å²) in [5, 5.41) is 21.6. The molecule has 0 bridgehead atoms. The van der Waals surface area contributed by atoms with Crippen LogP contribution in [0.2, 0.25) is 0 Å². The quantitative estimate of drug-likeness (QED) is 0.415. The first-order chi connectivity index (χ1) is 16.6. The zero-order chi connectivity index (χ0) is 26.6. The summed E-state index contributed by atoms with van der Waals surface area (Å²) < 4.78 is 0. The topological polar surface area (TPSA) is 74.6 Å². The Morgan fingerprint density at radius 3 is 2.11 bits per heavy atom. The highest BCUT2D eigenvalue weighted by Gasteiger charge is 2.74. The van der Waals surface area contributed by atoms with Crippen LogP contribution in [-0.4, -0.2) is 28.1 Å². The van der Waals surface area contributed by atoms with Crippen molar-refractivity contribution in [2.24, 2.45) is 62.6 Å². The molecule has 0 radical (unpaired) electrons. The highest BCUT2D eigenvalue weighted by molar-refractivity contribution is 5.83. The van der Waals surface area contributed by atoms with E-state index in [0.717, 1.165) is 50.5 Å². The lowest BCUT2D eigenvalue weighted by atomic mass is 9.30. The minimum absolute atomic E-state index is 0.0250. The van der Waals surface area contributed by atoms with Crippen LogP contribution in [0.4, 0.5) is 0 Å². The van der Waals surface area contributed by atoms with E-state index in [1.165, 1.54) is 0 Å². The van der Waals surface area contributed by atoms with Gasteiger partial charge < -0.3 is 10.2 Å². The first-order valence-corrected chi connectivity index (χ1v) is 14.7. The molecule has 0 aromatic heterocycles. The van der Waals surface area contributed by atoms with Crippen molar-refractivity contribution in [1.29, 1.82) is 0 Å². The molecule has 36 heavy (non-hydrogen) atoms. The van der Waals surface area contributed by atoms with Gasteiger partial charge in [-0.15, -0.1) is 0 Å². The summed E-state index contributed by atoms with van der Waals surface area (Å²) in [6, 6.07) is 0. The number of carbonyl (C=O) groups is 2. The fourth-order valence-corrected chi connectivity index (χ4v) is 12.2. The predicted molar refractivity (Wildman–Crippen MR) is 142 cm³/mol. The van der Waals surface area contributed by atoms with Crippen molar-refractivity contribution < 1.29 is 19.8 Å². The van der Waals surface area contributed by atoms with Crippen LogP contribution in [0.1, 0.15) is 106 Å². The maximum atomic E-state index is 13.5. The molecular formula is C32H50O4. The number of rotatable bonds is 3. The second-order valence-corrected chi connectivity index (χ2v) is 15.3. The van der Waals surface area contributed by atoms with Gasteiger partial charge in [0.05, 0.1) is 11.5 Å². The van der Waals surface area contributed by atoms with Gasteiger partial charge in [-0.05, 0) is 123 Å². The van der Waals surface area contributed by atoms with Gasteiger partial charge in [0.1, 0.15) is 5.78 Å². The molecule has 5 aliphatic rings. The van der Waals surface area contributed by atoms with Crippen LogP contribution in [-0.2, 0) is 9.59 Å². The number of aliphatic carboxylic acids is 1. The van der Waals surface area contributed by atoms with Crippen LogP contribution < -0.4 is 0 Å². The summed E-state index contributed by atoms with van der Waals surface area (Å²) in [6.45, 7) is 20.1. The van der Waals surface area contributed by atoms with Gasteiger partial charge in [0.2, 0.25) is 0 Å². The Kier molecular flexibility index (Phi) is 5.83. The average Bonchev–Trinajstić information content (AvgIpc) is 3.17. The second-order valence-electron chi connectivity index (χ2n) is 15.3. The summed E-state index contributed by atoms with van der Waals surface area (Å²) in [5.74, 6) is 0.775. The molecule has 0 unspecified atom stereocenters. The maximum Gasteiger partial charge on any atom is 0.309 e. The summed E-state index contributed by atoms with van der Waals surface area (Å²) in [5.41, 5.74) is 0.104. The molecule has 0 aliphatic heterocycles. The highest BCUT2D eigenvalue weighted by Crippen LogP contribution is 2.78. The van der Waals surface area contributed by atoms with Gasteiger partial charge >= 0.3 is 5.97 Å². The van der Waals surface area contributed by atoms with Gasteiger partial charge in [-0.25, -0.2) is 0 Å². The summed E-state index contributed by atoms with van der Waals surface area (Å²) in [4.78, 5) is 26.5. The van der Waals surface area contributed by atoms with Crippen LogP contribution in [0.3, 0.4) is 0 Å². The summed E-state index contributed by atoms with van der Waals surface area (Å²) >= 11 is 0. The molecule has 2 N–H and O–H groups in total. The molecule has 0 heterocycles. The number of carboxylic acids is 1. The number of ketones is 1. The Morgan fingerprint density at radius 2 is 1.53 bits per heavy atom. The number of fused-ring (bicyclic) bond motifs is 7. The van der Waals surface area contributed by atoms with E-state index in [-0.39, 0.29) is 57.2 Å². The van der Waals surface area contributed by atoms with Crippen LogP contribution in [0.25, 0.3) is 0 Å². The van der Waals surface area contributed by atoms with Crippen molar-refractivity contribution in [1.82, 2.24) is 0 Å². The van der Waals surface area contributed by atoms with E-state index in [1.807, 2.05) is 0 Å². The number of aliphatic hydroxyl groups excluding tert-OH is 1. The molecule has 0 spiro atoms. The molecular weight excluding hydrogens is 448 g/mol. The van der Waals surface area contributed by atoms with E-state index in [9.17, 15) is 19.8 Å². The van der Waals surface area contributed by atoms with Gasteiger partial charge in [0, 0.05) is 5.92 Å². The highest BCUT2D eigenvalue weighted by atomic mass is 16.4. The minimum Gasteiger partial charge on any atom is -0.481 e. The number of Topliss-reactive ketones (excluding diaryl/α,β-unsaturated/α-hetero) is 1. The van der Waals surface area contributed by atoms with E-state index >= 15 is 0 Å². The molecule has 0 saturated heterocycles. The molecule has 0 aromatic carbocycles. The number of hydrogen-bond acceptors (Lipinski definition) is 3. The van der Waals surface area contributed by atoms with Crippen molar-refractivity contribution in [3.63, 3.8) is 0 Å². The zero-order valence-electron chi connectivity index (χ0n) is 23.8. The third-order valence-corrected chi connectivity index (χ3v) is 14.0. The first-order valence-electron chi connectivity index (χ1n) is 14.7. The largest absolute Gasteiger partial charge is 0.481 e. The van der Waals surface area contributed by atoms with Gasteiger partial charge in [-0.3, -0.25) is 9.59 Å². The number of aliphatic hydroxyl groups is 1. The van der Waals surface area contributed by atoms with Crippen LogP contribution in [0, 0.1) is 62.6 Å². The molecule has 4 heteroatoms. The Hall–Kier alpha value is -1.16. The standard InChI is InChI=1S/C32H50O4/c1-18(2)20-11-16-32(27(35)36)17-22(19(3)33)31(8)21(26(20)32)9-10-24-29(6)14-13-25(34)28(4,5)23(29)12-15-30(24,31)7/h20-26,34H,1,9-17H2,2-8H3,(H,35,36)/t20-,21+,22+,23-,24+,25-,26+,29-,30+,31-,32-/m0/s1. The SMILES string of the molecule is C=C(C)[C@@H]1CC[C@]2(C(=O)O)C[C@H](C(C)=O)[C@]3(C)[C@H](CC[C@@H]4[C@@]5(C)CC[C@H](O)C(C)(C)[C@@H]5CC[C@]43C)[C@@H]12. The van der Waals surface area contributed by atoms with Crippen molar-refractivity contribution in [2.45, 2.75) is 112 Å². The van der Waals surface area contributed by atoms with E-state index in [0.29, 0.717) is 24.7 Å². The van der Waals surface area contributed by atoms with Crippen LogP contribution >= 0.6 is 0 Å². The van der Waals surface area contributed by atoms with E-state index in [2.05, 4.69) is 48.1 Å². The monoisotopic (exact) mass is 498 g/mol. The smallest absolute Gasteiger partial charge is 0.309 e. The molecule has 0 aromatic rings. The Morgan fingerprint density at radius 1 is 0.861 bits per heavy atom. The predicted octanol–water partition coefficient (Wildman–Crippen LogP) is 6.90. The number of carboxylic acid groups (broad SMARTS) is 1. The number of carbonyl (C=O) groups excluding carboxylic acids is 1. The molecule has 5 saturated carbocycles. The van der Waals surface area contributed by atoms with Crippen molar-refractivity contribution in [3.05, 3.63) is 12.2 Å². The zero-order valence-corrected chi connectivity index (χ0v) is 23.8. The van der Waals surface area contributed by atoms with E-state index < -0.39 is 11.4 Å². The Labute approximate surface area is 218 Å². The minimum atomic E-state index is -0.800. The summed E-state index contributed by atoms with van der Waals surface area (Å²) in [6.07, 6.45) is 7.96. The van der Waals surface area contributed by atoms with Crippen LogP contribution in [0.5, 0.6) is 0 Å². The lowest BCUT2D eigenvalue weighted by Crippen LogP contribution is -2.70. The first kappa shape index (κ1) is 26.4. The third kappa shape index (κ3) is 2.97. The van der Waals surface area contributed by atoms with Crippen LogP contribution in [0.15, 0.2) is 12.2 Å². The molecule has 202 valence electrons. The third-order valence-electron chi connectivity index (χ3n) is 14.0. The molecule has 4 nitrogen and oxygen atoms in total. The van der Waals surface area contributed by atoms with Gasteiger partial charge in [0.15, 0.2) is 0 Å². The lowest BCUT2D eigenvalue weighted by Gasteiger charge is -2.74. The lowest BCUT2D eigenvalue weighted by molar-refractivity contribution is -0.261. The molecule has 0 amide bonds. The molecule has 5 fully saturated rings. The van der Waals surface area contributed by atoms with Crippen molar-refractivity contribution in [2.75, 3.05) is 0 Å². The average molecular weight is 499 g/mol. The number of hydrogen-bond donors (Lipinski definition) is 2. The van der Waals surface area contributed by atoms with Gasteiger partial charge in [-0.1, -0.05) is 46.8 Å². The summed E-state index contributed by atoms with van der Waals surface area (Å²) in [7, 11) is 0. The maximum absolute atomic E-state index is 13.5. The Balaban J connectivity index is 1.66. The van der Waals surface area contributed by atoms with E-state index in [4.69, 9.17) is 0 Å². The van der Waals surface area contributed by atoms with Gasteiger partial charge in [-0.2, -0.15) is 0 Å². The van der Waals surface area contributed by atoms with Crippen molar-refractivity contribution in [3.8, 4) is 0 Å². The molecule has 5 aliphatic carbocycles. The van der Waals surface area contributed by atoms with E-state index in [1.54, 1.807) is 6.92 Å². The Bertz CT molecular complexity index is 983. The molecule has 11 atom stereocenters. The normalized spacial score (nSPS) is 53.4. The fourth-order valence-electron chi connectivity index (χ4n) is 12.2. The fraction of sp³-hybridized carbons (Fsp3) is 0.875. The molecule has 5 rings (SSSR count). The van der Waals surface area contributed by atoms with Crippen molar-refractivity contribution >= 4 is 11.8 Å². The second kappa shape index (κ2) is 7.93. The van der Waals surface area contributed by atoms with Gasteiger partial charge in [0.25, 0.3) is 0 Å². The number of allylic oxidation sites excluding steroid dienone is 1.